The highest BCUT2D eigenvalue weighted by molar-refractivity contribution is 7.18. The maximum Gasteiger partial charge on any atom is 0.260 e. The molecule has 1 aliphatic heterocycles. The van der Waals surface area contributed by atoms with E-state index in [1.54, 1.807) is 17.7 Å². The first-order valence-electron chi connectivity index (χ1n) is 8.77. The Bertz CT molecular complexity index is 763. The molecule has 1 amide bonds. The molecule has 0 spiro atoms. The quantitative estimate of drug-likeness (QED) is 0.858. The van der Waals surface area contributed by atoms with Crippen LogP contribution in [0.15, 0.2) is 6.33 Å². The largest absolute Gasteiger partial charge is 0.467 e. The molecular formula is C18H23N3O2S. The van der Waals surface area contributed by atoms with Crippen LogP contribution in [-0.2, 0) is 17.6 Å². The molecule has 0 unspecified atom stereocenters. The number of ether oxygens (including phenoxy) is 1. The van der Waals surface area contributed by atoms with Crippen molar-refractivity contribution in [3.63, 3.8) is 0 Å². The number of likely N-dealkylation sites (tertiary alicyclic amines) is 1. The number of piperidine rings is 1. The van der Waals surface area contributed by atoms with Gasteiger partial charge in [-0.05, 0) is 43.1 Å². The Balaban J connectivity index is 1.50. The molecule has 3 heterocycles. The third kappa shape index (κ3) is 2.88. The zero-order valence-corrected chi connectivity index (χ0v) is 15.1. The number of nitrogens with zero attached hydrogens (tertiary/aromatic N) is 3. The number of aromatic nitrogens is 2. The summed E-state index contributed by atoms with van der Waals surface area (Å²) in [6.07, 6.45) is 6.11. The molecule has 2 aromatic rings. The van der Waals surface area contributed by atoms with Gasteiger partial charge in [0.05, 0.1) is 5.39 Å². The van der Waals surface area contributed by atoms with Gasteiger partial charge in [-0.25, -0.2) is 9.97 Å². The van der Waals surface area contributed by atoms with Crippen molar-refractivity contribution in [3.05, 3.63) is 16.8 Å². The molecule has 5 nitrogen and oxygen atoms in total. The van der Waals surface area contributed by atoms with E-state index in [9.17, 15) is 4.79 Å². The summed E-state index contributed by atoms with van der Waals surface area (Å²) < 4.78 is 5.85. The molecule has 2 aromatic heterocycles. The normalized spacial score (nSPS) is 23.5. The van der Waals surface area contributed by atoms with Crippen molar-refractivity contribution in [1.29, 1.82) is 0 Å². The molecule has 4 rings (SSSR count). The topological polar surface area (TPSA) is 55.3 Å². The maximum atomic E-state index is 12.5. The second-order valence-electron chi connectivity index (χ2n) is 7.25. The van der Waals surface area contributed by atoms with E-state index in [1.807, 2.05) is 4.90 Å². The van der Waals surface area contributed by atoms with Crippen LogP contribution in [0.5, 0.6) is 5.88 Å². The van der Waals surface area contributed by atoms with Gasteiger partial charge >= 0.3 is 0 Å². The maximum absolute atomic E-state index is 12.5. The molecule has 0 bridgehead atoms. The van der Waals surface area contributed by atoms with E-state index < -0.39 is 0 Å². The van der Waals surface area contributed by atoms with Gasteiger partial charge in [-0.3, -0.25) is 4.79 Å². The first-order valence-corrected chi connectivity index (χ1v) is 9.59. The Morgan fingerprint density at radius 3 is 2.88 bits per heavy atom. The van der Waals surface area contributed by atoms with Gasteiger partial charge in [0.25, 0.3) is 5.91 Å². The Labute approximate surface area is 146 Å². The molecule has 6 heteroatoms. The van der Waals surface area contributed by atoms with Gasteiger partial charge < -0.3 is 9.64 Å². The summed E-state index contributed by atoms with van der Waals surface area (Å²) >= 11 is 1.74. The number of hydrogen-bond donors (Lipinski definition) is 0. The summed E-state index contributed by atoms with van der Waals surface area (Å²) in [7, 11) is 0. The summed E-state index contributed by atoms with van der Waals surface area (Å²) in [4.78, 5) is 25.5. The lowest BCUT2D eigenvalue weighted by molar-refractivity contribution is -0.136. The molecule has 1 fully saturated rings. The number of aryl methyl sites for hydroxylation is 2. The smallest absolute Gasteiger partial charge is 0.260 e. The van der Waals surface area contributed by atoms with Gasteiger partial charge in [0.2, 0.25) is 5.88 Å². The number of hydrogen-bond acceptors (Lipinski definition) is 5. The lowest BCUT2D eigenvalue weighted by atomic mass is 9.92. The minimum absolute atomic E-state index is 0.0621. The molecule has 2 atom stereocenters. The molecule has 0 N–H and O–H groups in total. The second kappa shape index (κ2) is 6.31. The lowest BCUT2D eigenvalue weighted by Gasteiger charge is -2.34. The summed E-state index contributed by atoms with van der Waals surface area (Å²) in [5.74, 6) is 1.75. The zero-order chi connectivity index (χ0) is 16.7. The fraction of sp³-hybridized carbons (Fsp3) is 0.611. The molecule has 24 heavy (non-hydrogen) atoms. The van der Waals surface area contributed by atoms with Crippen molar-refractivity contribution in [1.82, 2.24) is 14.9 Å². The van der Waals surface area contributed by atoms with Crippen LogP contribution in [0, 0.1) is 11.8 Å². The average Bonchev–Trinajstić information content (AvgIpc) is 3.12. The highest BCUT2D eigenvalue weighted by Gasteiger charge is 2.26. The third-order valence-corrected chi connectivity index (χ3v) is 6.22. The standard InChI is InChI=1S/C18H23N3O2S/c1-11-6-12(2)8-21(7-11)15(22)9-23-17-16-13-4-3-5-14(13)24-18(16)20-10-19-17/h10-12H,3-9H2,1-2H3/t11-,12-/m0/s1. The summed E-state index contributed by atoms with van der Waals surface area (Å²) in [5, 5.41) is 1.03. The number of carbonyl (C=O) groups excluding carboxylic acids is 1. The molecular weight excluding hydrogens is 322 g/mol. The van der Waals surface area contributed by atoms with E-state index in [0.717, 1.165) is 36.1 Å². The second-order valence-corrected chi connectivity index (χ2v) is 8.33. The molecule has 0 aromatic carbocycles. The van der Waals surface area contributed by atoms with Crippen LogP contribution in [0.25, 0.3) is 10.2 Å². The minimum Gasteiger partial charge on any atom is -0.467 e. The van der Waals surface area contributed by atoms with Gasteiger partial charge in [0.15, 0.2) is 6.61 Å². The van der Waals surface area contributed by atoms with Gasteiger partial charge in [0, 0.05) is 18.0 Å². The molecule has 0 saturated carbocycles. The summed E-state index contributed by atoms with van der Waals surface area (Å²) in [6, 6.07) is 0. The Hall–Kier alpha value is -1.69. The fourth-order valence-electron chi connectivity index (χ4n) is 4.10. The van der Waals surface area contributed by atoms with E-state index in [1.165, 1.54) is 23.3 Å². The molecule has 1 saturated heterocycles. The van der Waals surface area contributed by atoms with Crippen molar-refractivity contribution in [2.24, 2.45) is 11.8 Å². The van der Waals surface area contributed by atoms with Crippen LogP contribution in [-0.4, -0.2) is 40.5 Å². The average molecular weight is 345 g/mol. The summed E-state index contributed by atoms with van der Waals surface area (Å²) in [5.41, 5.74) is 1.33. The van der Waals surface area contributed by atoms with Crippen LogP contribution in [0.2, 0.25) is 0 Å². The van der Waals surface area contributed by atoms with Crippen molar-refractivity contribution >= 4 is 27.5 Å². The van der Waals surface area contributed by atoms with E-state index in [4.69, 9.17) is 4.74 Å². The molecule has 0 radical (unpaired) electrons. The van der Waals surface area contributed by atoms with Gasteiger partial charge in [-0.1, -0.05) is 13.8 Å². The number of fused-ring (bicyclic) bond motifs is 3. The van der Waals surface area contributed by atoms with Crippen LogP contribution in [0.1, 0.15) is 37.1 Å². The van der Waals surface area contributed by atoms with E-state index in [2.05, 4.69) is 23.8 Å². The number of thiophene rings is 1. The Kier molecular flexibility index (Phi) is 4.16. The Morgan fingerprint density at radius 2 is 2.08 bits per heavy atom. The first-order chi connectivity index (χ1) is 11.6. The molecule has 128 valence electrons. The molecule has 2 aliphatic rings. The van der Waals surface area contributed by atoms with Crippen molar-refractivity contribution in [2.75, 3.05) is 19.7 Å². The van der Waals surface area contributed by atoms with Crippen LogP contribution >= 0.6 is 11.3 Å². The number of amides is 1. The van der Waals surface area contributed by atoms with Gasteiger partial charge in [0.1, 0.15) is 11.2 Å². The lowest BCUT2D eigenvalue weighted by Crippen LogP contribution is -2.44. The first kappa shape index (κ1) is 15.8. The Morgan fingerprint density at radius 1 is 1.29 bits per heavy atom. The van der Waals surface area contributed by atoms with Gasteiger partial charge in [-0.2, -0.15) is 0 Å². The number of carbonyl (C=O) groups is 1. The SMILES string of the molecule is C[C@H]1C[C@H](C)CN(C(=O)COc2ncnc3sc4c(c23)CCC4)C1. The predicted octanol–water partition coefficient (Wildman–Crippen LogP) is 3.06. The van der Waals surface area contributed by atoms with Gasteiger partial charge in [-0.15, -0.1) is 11.3 Å². The highest BCUT2D eigenvalue weighted by Crippen LogP contribution is 2.39. The minimum atomic E-state index is 0.0621. The van der Waals surface area contributed by atoms with E-state index in [-0.39, 0.29) is 12.5 Å². The zero-order valence-electron chi connectivity index (χ0n) is 14.2. The van der Waals surface area contributed by atoms with Crippen LogP contribution in [0.3, 0.4) is 0 Å². The fourth-order valence-corrected chi connectivity index (χ4v) is 5.32. The van der Waals surface area contributed by atoms with Crippen molar-refractivity contribution < 1.29 is 9.53 Å². The van der Waals surface area contributed by atoms with Crippen molar-refractivity contribution in [2.45, 2.75) is 39.5 Å². The van der Waals surface area contributed by atoms with E-state index in [0.29, 0.717) is 17.7 Å². The number of rotatable bonds is 3. The van der Waals surface area contributed by atoms with Crippen LogP contribution in [0.4, 0.5) is 0 Å². The van der Waals surface area contributed by atoms with E-state index >= 15 is 0 Å². The highest BCUT2D eigenvalue weighted by atomic mass is 32.1. The van der Waals surface area contributed by atoms with Crippen molar-refractivity contribution in [3.8, 4) is 5.88 Å². The monoisotopic (exact) mass is 345 g/mol. The molecule has 1 aliphatic carbocycles. The predicted molar refractivity (Wildman–Crippen MR) is 94.5 cm³/mol. The van der Waals surface area contributed by atoms with Crippen LogP contribution < -0.4 is 4.74 Å². The third-order valence-electron chi connectivity index (χ3n) is 5.02. The summed E-state index contributed by atoms with van der Waals surface area (Å²) in [6.45, 7) is 6.15.